The first-order valence-electron chi connectivity index (χ1n) is 3.85. The number of nitro groups is 1. The maximum Gasteiger partial charge on any atom is 1.00 e. The van der Waals surface area contributed by atoms with Gasteiger partial charge in [0.05, 0.1) is 11.1 Å². The van der Waals surface area contributed by atoms with Gasteiger partial charge in [-0.25, -0.2) is 0 Å². The van der Waals surface area contributed by atoms with E-state index in [0.717, 1.165) is 12.3 Å². The zero-order valence-corrected chi connectivity index (χ0v) is 11.4. The SMILES string of the molecule is O=c1ccn(C[B-](F)(F)F)cc1[N+](=O)[O-].[K+]. The van der Waals surface area contributed by atoms with E-state index in [4.69, 9.17) is 0 Å². The molecule has 0 aliphatic carbocycles. The van der Waals surface area contributed by atoms with Gasteiger partial charge >= 0.3 is 64.0 Å². The van der Waals surface area contributed by atoms with Crippen LogP contribution in [0, 0.1) is 10.1 Å². The van der Waals surface area contributed by atoms with Crippen molar-refractivity contribution in [3.8, 4) is 0 Å². The molecule has 1 aromatic rings. The van der Waals surface area contributed by atoms with Crippen LogP contribution in [0.15, 0.2) is 23.3 Å². The number of pyridine rings is 1. The average molecular weight is 260 g/mol. The topological polar surface area (TPSA) is 65.1 Å². The van der Waals surface area contributed by atoms with E-state index in [1.54, 1.807) is 0 Å². The smallest absolute Gasteiger partial charge is 0.448 e. The molecule has 0 atom stereocenters. The first-order valence-corrected chi connectivity index (χ1v) is 3.85. The maximum atomic E-state index is 12.0. The number of hydrogen-bond acceptors (Lipinski definition) is 3. The van der Waals surface area contributed by atoms with Gasteiger partial charge in [-0.3, -0.25) is 14.9 Å². The fraction of sp³-hybridized carbons (Fsp3) is 0.167. The third-order valence-corrected chi connectivity index (χ3v) is 1.57. The van der Waals surface area contributed by atoms with Crippen LogP contribution in [0.5, 0.6) is 0 Å². The Balaban J connectivity index is 0.00000225. The van der Waals surface area contributed by atoms with Gasteiger partial charge in [-0.1, -0.05) is 0 Å². The third kappa shape index (κ3) is 4.78. The van der Waals surface area contributed by atoms with E-state index in [-0.39, 0.29) is 51.4 Å². The maximum absolute atomic E-state index is 12.0. The second-order valence-electron chi connectivity index (χ2n) is 2.86. The molecular formula is C6H5BF3KN2O3. The Bertz CT molecular complexity index is 447. The standard InChI is InChI=1S/C6H5BF3N2O3.K/c8-7(9,10)4-11-2-1-6(13)5(3-11)12(14)15;/h1-3H,4H2;/q-1;+1. The minimum Gasteiger partial charge on any atom is -0.448 e. The van der Waals surface area contributed by atoms with Gasteiger partial charge in [-0.2, -0.15) is 0 Å². The van der Waals surface area contributed by atoms with Crippen molar-refractivity contribution in [3.05, 3.63) is 38.8 Å². The Morgan fingerprint density at radius 2 is 2.00 bits per heavy atom. The molecule has 0 aliphatic rings. The fourth-order valence-corrected chi connectivity index (χ4v) is 1.00. The molecule has 0 spiro atoms. The van der Waals surface area contributed by atoms with E-state index in [2.05, 4.69) is 0 Å². The van der Waals surface area contributed by atoms with Crippen LogP contribution in [-0.4, -0.2) is 16.5 Å². The van der Waals surface area contributed by atoms with Gasteiger partial charge in [0.15, 0.2) is 0 Å². The average Bonchev–Trinajstić information content (AvgIpc) is 2.05. The van der Waals surface area contributed by atoms with Crippen LogP contribution in [-0.2, 0) is 6.44 Å². The quantitative estimate of drug-likeness (QED) is 0.364. The van der Waals surface area contributed by atoms with Gasteiger partial charge in [0.25, 0.3) is 5.43 Å². The van der Waals surface area contributed by atoms with Crippen LogP contribution in [0.25, 0.3) is 0 Å². The van der Waals surface area contributed by atoms with Gasteiger partial charge < -0.3 is 17.5 Å². The normalized spacial score (nSPS) is 10.7. The van der Waals surface area contributed by atoms with E-state index in [0.29, 0.717) is 10.8 Å². The van der Waals surface area contributed by atoms with E-state index < -0.39 is 29.5 Å². The van der Waals surface area contributed by atoms with Gasteiger partial charge in [0.2, 0.25) is 0 Å². The van der Waals surface area contributed by atoms with Crippen LogP contribution in [0.3, 0.4) is 0 Å². The van der Waals surface area contributed by atoms with Crippen molar-refractivity contribution in [3.63, 3.8) is 0 Å². The predicted octanol–water partition coefficient (Wildman–Crippen LogP) is -1.85. The largest absolute Gasteiger partial charge is 1.00 e. The Morgan fingerprint density at radius 3 is 2.44 bits per heavy atom. The fourth-order valence-electron chi connectivity index (χ4n) is 1.00. The summed E-state index contributed by atoms with van der Waals surface area (Å²) < 4.78 is 36.5. The molecule has 0 unspecified atom stereocenters. The molecule has 0 saturated heterocycles. The minimum absolute atomic E-state index is 0. The summed E-state index contributed by atoms with van der Waals surface area (Å²) in [4.78, 5) is 20.1. The minimum atomic E-state index is -5.09. The molecule has 0 aliphatic heterocycles. The molecule has 1 aromatic heterocycles. The van der Waals surface area contributed by atoms with Crippen LogP contribution in [0.4, 0.5) is 18.6 Å². The summed E-state index contributed by atoms with van der Waals surface area (Å²) in [5, 5.41) is 10.3. The number of nitrogens with zero attached hydrogens (tertiary/aromatic N) is 2. The number of aromatic nitrogens is 1. The second kappa shape index (κ2) is 5.96. The molecule has 1 rings (SSSR count). The Morgan fingerprint density at radius 1 is 1.44 bits per heavy atom. The Hall–Kier alpha value is -0.159. The first-order chi connectivity index (χ1) is 6.79. The van der Waals surface area contributed by atoms with Crippen molar-refractivity contribution < 1.29 is 69.3 Å². The zero-order chi connectivity index (χ0) is 11.6. The summed E-state index contributed by atoms with van der Waals surface area (Å²) in [5.74, 6) is 0. The molecular weight excluding hydrogens is 255 g/mol. The van der Waals surface area contributed by atoms with Crippen LogP contribution in [0.2, 0.25) is 0 Å². The second-order valence-corrected chi connectivity index (χ2v) is 2.86. The molecule has 0 N–H and O–H groups in total. The summed E-state index contributed by atoms with van der Waals surface area (Å²) in [5.41, 5.74) is -1.77. The number of hydrogen-bond donors (Lipinski definition) is 0. The zero-order valence-electron chi connectivity index (χ0n) is 8.27. The summed E-state index contributed by atoms with van der Waals surface area (Å²) >= 11 is 0. The molecule has 5 nitrogen and oxygen atoms in total. The van der Waals surface area contributed by atoms with Crippen molar-refractivity contribution >= 4 is 12.7 Å². The van der Waals surface area contributed by atoms with Crippen LogP contribution < -0.4 is 56.8 Å². The van der Waals surface area contributed by atoms with E-state index in [9.17, 15) is 27.9 Å². The summed E-state index contributed by atoms with van der Waals surface area (Å²) in [6.45, 7) is -5.09. The Kier molecular flexibility index (Phi) is 5.90. The van der Waals surface area contributed by atoms with E-state index >= 15 is 0 Å². The molecule has 0 bridgehead atoms. The monoisotopic (exact) mass is 260 g/mol. The molecule has 10 heteroatoms. The third-order valence-electron chi connectivity index (χ3n) is 1.57. The molecule has 16 heavy (non-hydrogen) atoms. The van der Waals surface area contributed by atoms with E-state index in [1.165, 1.54) is 0 Å². The van der Waals surface area contributed by atoms with Crippen LogP contribution >= 0.6 is 0 Å². The summed E-state index contributed by atoms with van der Waals surface area (Å²) in [7, 11) is 0. The van der Waals surface area contributed by atoms with Crippen molar-refractivity contribution in [2.75, 3.05) is 0 Å². The number of halogens is 3. The summed E-state index contributed by atoms with van der Waals surface area (Å²) in [6.07, 6.45) is 0.142. The van der Waals surface area contributed by atoms with Crippen molar-refractivity contribution in [2.45, 2.75) is 6.44 Å². The molecule has 0 amide bonds. The molecule has 0 aromatic carbocycles. The van der Waals surface area contributed by atoms with Gasteiger partial charge in [-0.15, -0.1) is 0 Å². The molecule has 82 valence electrons. The molecule has 0 saturated carbocycles. The van der Waals surface area contributed by atoms with Crippen molar-refractivity contribution in [1.82, 2.24) is 4.57 Å². The van der Waals surface area contributed by atoms with Gasteiger partial charge in [0.1, 0.15) is 0 Å². The van der Waals surface area contributed by atoms with E-state index in [1.807, 2.05) is 0 Å². The van der Waals surface area contributed by atoms with Crippen molar-refractivity contribution in [1.29, 1.82) is 0 Å². The molecule has 0 radical (unpaired) electrons. The predicted molar refractivity (Wildman–Crippen MR) is 46.4 cm³/mol. The number of rotatable bonds is 3. The first kappa shape index (κ1) is 15.8. The molecule has 0 fully saturated rings. The Labute approximate surface area is 130 Å². The van der Waals surface area contributed by atoms with Gasteiger partial charge in [-0.05, 0) is 6.44 Å². The summed E-state index contributed by atoms with van der Waals surface area (Å²) in [6, 6.07) is 0.736. The van der Waals surface area contributed by atoms with Crippen LogP contribution in [0.1, 0.15) is 0 Å². The molecule has 1 heterocycles. The van der Waals surface area contributed by atoms with Crippen molar-refractivity contribution in [2.24, 2.45) is 0 Å². The van der Waals surface area contributed by atoms with Gasteiger partial charge in [0, 0.05) is 12.3 Å².